The summed E-state index contributed by atoms with van der Waals surface area (Å²) in [6, 6.07) is 25.1. The first kappa shape index (κ1) is 18.7. The maximum Gasteiger partial charge on any atom is 0.407 e. The summed E-state index contributed by atoms with van der Waals surface area (Å²) < 4.78 is 5.46. The Morgan fingerprint density at radius 3 is 2.00 bits per heavy atom. The summed E-state index contributed by atoms with van der Waals surface area (Å²) in [6.07, 6.45) is -0.617. The minimum atomic E-state index is -0.991. The van der Waals surface area contributed by atoms with E-state index in [4.69, 9.17) is 4.74 Å². The summed E-state index contributed by atoms with van der Waals surface area (Å²) in [5.74, 6) is -1.84. The number of alkyl carbamates (subject to hydrolysis) is 1. The van der Waals surface area contributed by atoms with Gasteiger partial charge in [-0.25, -0.2) is 4.79 Å². The Bertz CT molecular complexity index is 986. The molecule has 5 nitrogen and oxygen atoms in total. The zero-order chi connectivity index (χ0) is 20.2. The summed E-state index contributed by atoms with van der Waals surface area (Å²) in [7, 11) is 0. The molecule has 5 heteroatoms. The number of ether oxygens (including phenoxy) is 1. The van der Waals surface area contributed by atoms with Crippen LogP contribution in [0.15, 0.2) is 78.9 Å². The highest BCUT2D eigenvalue weighted by Gasteiger charge is 2.29. The van der Waals surface area contributed by atoms with Crippen LogP contribution in [0.2, 0.25) is 0 Å². The molecule has 1 aliphatic carbocycles. The molecule has 1 atom stereocenters. The third-order valence-electron chi connectivity index (χ3n) is 5.29. The Hall–Kier alpha value is -3.60. The SMILES string of the molecule is O=C(NC[C@H](C(=O)O)c1ccccc1)OCC1c2ccccc2-c2ccccc21. The van der Waals surface area contributed by atoms with E-state index in [1.165, 1.54) is 0 Å². The van der Waals surface area contributed by atoms with Crippen molar-refractivity contribution in [2.75, 3.05) is 13.2 Å². The van der Waals surface area contributed by atoms with Crippen molar-refractivity contribution in [3.05, 3.63) is 95.6 Å². The number of aliphatic carboxylic acids is 1. The van der Waals surface area contributed by atoms with Crippen LogP contribution in [0.3, 0.4) is 0 Å². The van der Waals surface area contributed by atoms with Gasteiger partial charge in [-0.2, -0.15) is 0 Å². The molecule has 29 heavy (non-hydrogen) atoms. The highest BCUT2D eigenvalue weighted by atomic mass is 16.5. The molecular weight excluding hydrogens is 366 g/mol. The maximum atomic E-state index is 12.3. The van der Waals surface area contributed by atoms with Crippen LogP contribution in [0.4, 0.5) is 4.79 Å². The van der Waals surface area contributed by atoms with Gasteiger partial charge in [0.05, 0.1) is 5.92 Å². The van der Waals surface area contributed by atoms with Crippen LogP contribution in [0, 0.1) is 0 Å². The monoisotopic (exact) mass is 387 g/mol. The second kappa shape index (κ2) is 8.19. The molecule has 2 N–H and O–H groups in total. The van der Waals surface area contributed by atoms with E-state index in [0.29, 0.717) is 5.56 Å². The molecule has 146 valence electrons. The summed E-state index contributed by atoms with van der Waals surface area (Å²) in [5.41, 5.74) is 5.22. The Kier molecular flexibility index (Phi) is 5.29. The van der Waals surface area contributed by atoms with Crippen molar-refractivity contribution in [2.24, 2.45) is 0 Å². The predicted octanol–water partition coefficient (Wildman–Crippen LogP) is 4.39. The molecule has 0 heterocycles. The fraction of sp³-hybridized carbons (Fsp3) is 0.167. The van der Waals surface area contributed by atoms with Crippen molar-refractivity contribution < 1.29 is 19.4 Å². The quantitative estimate of drug-likeness (QED) is 0.658. The summed E-state index contributed by atoms with van der Waals surface area (Å²) >= 11 is 0. The number of hydrogen-bond acceptors (Lipinski definition) is 3. The van der Waals surface area contributed by atoms with E-state index in [2.05, 4.69) is 29.6 Å². The Labute approximate surface area is 169 Å². The van der Waals surface area contributed by atoms with Crippen molar-refractivity contribution in [2.45, 2.75) is 11.8 Å². The van der Waals surface area contributed by atoms with E-state index in [0.717, 1.165) is 22.3 Å². The van der Waals surface area contributed by atoms with Crippen LogP contribution in [-0.4, -0.2) is 30.3 Å². The lowest BCUT2D eigenvalue weighted by molar-refractivity contribution is -0.138. The van der Waals surface area contributed by atoms with Gasteiger partial charge in [-0.1, -0.05) is 78.9 Å². The molecule has 0 bridgehead atoms. The Morgan fingerprint density at radius 1 is 0.862 bits per heavy atom. The fourth-order valence-electron chi connectivity index (χ4n) is 3.87. The second-order valence-corrected chi connectivity index (χ2v) is 7.01. The number of carbonyl (C=O) groups is 2. The average Bonchev–Trinajstić information content (AvgIpc) is 3.07. The van der Waals surface area contributed by atoms with Crippen LogP contribution >= 0.6 is 0 Å². The molecule has 0 aliphatic heterocycles. The van der Waals surface area contributed by atoms with Gasteiger partial charge in [0.15, 0.2) is 0 Å². The van der Waals surface area contributed by atoms with Crippen LogP contribution in [0.25, 0.3) is 11.1 Å². The zero-order valence-corrected chi connectivity index (χ0v) is 15.7. The van der Waals surface area contributed by atoms with Gasteiger partial charge in [-0.15, -0.1) is 0 Å². The third kappa shape index (κ3) is 3.85. The molecule has 4 rings (SSSR count). The molecule has 0 fully saturated rings. The number of fused-ring (bicyclic) bond motifs is 3. The van der Waals surface area contributed by atoms with Gasteiger partial charge in [-0.3, -0.25) is 4.79 Å². The van der Waals surface area contributed by atoms with Crippen molar-refractivity contribution in [3.8, 4) is 11.1 Å². The van der Waals surface area contributed by atoms with Crippen LogP contribution < -0.4 is 5.32 Å². The first-order valence-corrected chi connectivity index (χ1v) is 9.51. The highest BCUT2D eigenvalue weighted by Crippen LogP contribution is 2.44. The van der Waals surface area contributed by atoms with E-state index in [1.807, 2.05) is 30.3 Å². The van der Waals surface area contributed by atoms with E-state index < -0.39 is 18.0 Å². The highest BCUT2D eigenvalue weighted by molar-refractivity contribution is 5.79. The molecule has 0 unspecified atom stereocenters. The zero-order valence-electron chi connectivity index (χ0n) is 15.7. The standard InChI is InChI=1S/C24H21NO4/c26-23(27)21(16-8-2-1-3-9-16)14-25-24(28)29-15-22-19-12-6-4-10-17(19)18-11-5-7-13-20(18)22/h1-13,21-22H,14-15H2,(H,25,28)(H,26,27)/t21-/m0/s1. The molecule has 0 aromatic heterocycles. The number of benzene rings is 3. The molecule has 0 saturated heterocycles. The molecule has 0 radical (unpaired) electrons. The average molecular weight is 387 g/mol. The number of carboxylic acid groups (broad SMARTS) is 1. The van der Waals surface area contributed by atoms with Crippen LogP contribution in [0.5, 0.6) is 0 Å². The van der Waals surface area contributed by atoms with Gasteiger partial charge in [0.25, 0.3) is 0 Å². The maximum absolute atomic E-state index is 12.3. The lowest BCUT2D eigenvalue weighted by atomic mass is 9.98. The van der Waals surface area contributed by atoms with Crippen LogP contribution in [0.1, 0.15) is 28.5 Å². The number of carbonyl (C=O) groups excluding carboxylic acids is 1. The van der Waals surface area contributed by atoms with Gasteiger partial charge in [0.2, 0.25) is 0 Å². The van der Waals surface area contributed by atoms with E-state index in [-0.39, 0.29) is 19.1 Å². The summed E-state index contributed by atoms with van der Waals surface area (Å²) in [4.78, 5) is 23.8. The van der Waals surface area contributed by atoms with Crippen molar-refractivity contribution in [3.63, 3.8) is 0 Å². The Morgan fingerprint density at radius 2 is 1.41 bits per heavy atom. The Balaban J connectivity index is 1.41. The van der Waals surface area contributed by atoms with Gasteiger partial charge in [-0.05, 0) is 27.8 Å². The molecule has 1 aliphatic rings. The van der Waals surface area contributed by atoms with Crippen LogP contribution in [-0.2, 0) is 9.53 Å². The molecular formula is C24H21NO4. The largest absolute Gasteiger partial charge is 0.481 e. The minimum Gasteiger partial charge on any atom is -0.481 e. The minimum absolute atomic E-state index is 0.0301. The van der Waals surface area contributed by atoms with Gasteiger partial charge in [0, 0.05) is 12.5 Å². The number of hydrogen-bond donors (Lipinski definition) is 2. The number of amides is 1. The molecule has 0 spiro atoms. The number of nitrogens with one attached hydrogen (secondary N) is 1. The van der Waals surface area contributed by atoms with E-state index in [9.17, 15) is 14.7 Å². The lowest BCUT2D eigenvalue weighted by Gasteiger charge is -2.16. The first-order chi connectivity index (χ1) is 14.1. The smallest absolute Gasteiger partial charge is 0.407 e. The molecule has 0 saturated carbocycles. The van der Waals surface area contributed by atoms with Crippen molar-refractivity contribution in [1.82, 2.24) is 5.32 Å². The molecule has 3 aromatic carbocycles. The van der Waals surface area contributed by atoms with Gasteiger partial charge in [0.1, 0.15) is 6.61 Å². The van der Waals surface area contributed by atoms with Crippen molar-refractivity contribution in [1.29, 1.82) is 0 Å². The van der Waals surface area contributed by atoms with Gasteiger partial charge < -0.3 is 15.2 Å². The predicted molar refractivity (Wildman–Crippen MR) is 110 cm³/mol. The number of carboxylic acids is 1. The second-order valence-electron chi connectivity index (χ2n) is 7.01. The lowest BCUT2D eigenvalue weighted by Crippen LogP contribution is -2.32. The van der Waals surface area contributed by atoms with Crippen molar-refractivity contribution >= 4 is 12.1 Å². The van der Waals surface area contributed by atoms with E-state index >= 15 is 0 Å². The van der Waals surface area contributed by atoms with Gasteiger partial charge >= 0.3 is 12.1 Å². The summed E-state index contributed by atoms with van der Waals surface area (Å²) in [6.45, 7) is 0.166. The topological polar surface area (TPSA) is 75.6 Å². The fourth-order valence-corrected chi connectivity index (χ4v) is 3.87. The normalized spacial score (nSPS) is 13.2. The summed E-state index contributed by atoms with van der Waals surface area (Å²) in [5, 5.41) is 12.1. The first-order valence-electron chi connectivity index (χ1n) is 9.51. The number of rotatable bonds is 6. The third-order valence-corrected chi connectivity index (χ3v) is 5.29. The molecule has 1 amide bonds. The van der Waals surface area contributed by atoms with E-state index in [1.54, 1.807) is 24.3 Å². The molecule has 3 aromatic rings.